The highest BCUT2D eigenvalue weighted by Gasteiger charge is 2.36. The van der Waals surface area contributed by atoms with Crippen LogP contribution in [-0.4, -0.2) is 43.8 Å². The van der Waals surface area contributed by atoms with Gasteiger partial charge in [0.05, 0.1) is 13.0 Å². The summed E-state index contributed by atoms with van der Waals surface area (Å²) < 4.78 is 10.3. The van der Waals surface area contributed by atoms with Crippen LogP contribution in [-0.2, 0) is 19.1 Å². The largest absolute Gasteiger partial charge is 0.497 e. The summed E-state index contributed by atoms with van der Waals surface area (Å²) in [4.78, 5) is 49.5. The predicted octanol–water partition coefficient (Wildman–Crippen LogP) is 2.43. The van der Waals surface area contributed by atoms with E-state index in [0.29, 0.717) is 22.7 Å². The van der Waals surface area contributed by atoms with Gasteiger partial charge in [-0.15, -0.1) is 0 Å². The lowest BCUT2D eigenvalue weighted by atomic mass is 10.1. The van der Waals surface area contributed by atoms with Crippen molar-refractivity contribution in [3.63, 3.8) is 0 Å². The molecule has 30 heavy (non-hydrogen) atoms. The smallest absolute Gasteiger partial charge is 0.311 e. The molecule has 1 N–H and O–H groups in total. The highest BCUT2D eigenvalue weighted by atomic mass is 16.5. The first kappa shape index (κ1) is 21.0. The lowest BCUT2D eigenvalue weighted by Crippen LogP contribution is -2.27. The van der Waals surface area contributed by atoms with Crippen molar-refractivity contribution >= 4 is 34.9 Å². The first-order chi connectivity index (χ1) is 14.4. The first-order valence-corrected chi connectivity index (χ1v) is 9.39. The third-order valence-electron chi connectivity index (χ3n) is 4.70. The number of carbonyl (C=O) groups excluding carboxylic acids is 4. The minimum Gasteiger partial charge on any atom is -0.497 e. The van der Waals surface area contributed by atoms with E-state index >= 15 is 0 Å². The molecule has 1 atom stereocenters. The summed E-state index contributed by atoms with van der Waals surface area (Å²) >= 11 is 0. The van der Waals surface area contributed by atoms with Crippen molar-refractivity contribution in [2.75, 3.05) is 30.5 Å². The number of hydrogen-bond acceptors (Lipinski definition) is 6. The van der Waals surface area contributed by atoms with Crippen LogP contribution in [0.4, 0.5) is 11.4 Å². The number of amides is 2. The Balaban J connectivity index is 1.55. The van der Waals surface area contributed by atoms with E-state index < -0.39 is 18.5 Å². The number of anilines is 2. The Morgan fingerprint density at radius 3 is 2.53 bits per heavy atom. The Hall–Kier alpha value is -3.68. The molecule has 0 aliphatic carbocycles. The summed E-state index contributed by atoms with van der Waals surface area (Å²) in [5.74, 6) is -1.38. The Labute approximate surface area is 173 Å². The van der Waals surface area contributed by atoms with Gasteiger partial charge in [0.2, 0.25) is 11.8 Å². The molecule has 0 saturated carbocycles. The van der Waals surface area contributed by atoms with Crippen LogP contribution in [0.25, 0.3) is 0 Å². The second-order valence-electron chi connectivity index (χ2n) is 6.90. The monoisotopic (exact) mass is 410 g/mol. The molecule has 1 saturated heterocycles. The maximum atomic E-state index is 12.4. The number of carbonyl (C=O) groups is 4. The van der Waals surface area contributed by atoms with Gasteiger partial charge in [-0.3, -0.25) is 19.2 Å². The number of rotatable bonds is 7. The minimum atomic E-state index is -0.640. The van der Waals surface area contributed by atoms with Crippen molar-refractivity contribution in [1.82, 2.24) is 0 Å². The number of nitrogens with one attached hydrogen (secondary N) is 1. The SMILES string of the molecule is COc1cccc(N2CC(C(=O)OCC(=O)c3ccc(NC(C)=O)cc3)CC2=O)c1. The molecule has 1 unspecified atom stereocenters. The number of esters is 1. The third kappa shape index (κ3) is 5.02. The summed E-state index contributed by atoms with van der Waals surface area (Å²) in [5, 5.41) is 2.61. The van der Waals surface area contributed by atoms with Gasteiger partial charge < -0.3 is 19.7 Å². The van der Waals surface area contributed by atoms with Gasteiger partial charge in [0.1, 0.15) is 5.75 Å². The molecule has 0 radical (unpaired) electrons. The number of ketones is 1. The summed E-state index contributed by atoms with van der Waals surface area (Å²) in [7, 11) is 1.54. The molecule has 1 aliphatic heterocycles. The van der Waals surface area contributed by atoms with Gasteiger partial charge in [0.15, 0.2) is 12.4 Å². The van der Waals surface area contributed by atoms with E-state index in [4.69, 9.17) is 9.47 Å². The molecule has 0 aromatic heterocycles. The maximum Gasteiger partial charge on any atom is 0.311 e. The molecule has 156 valence electrons. The summed E-state index contributed by atoms with van der Waals surface area (Å²) in [5.41, 5.74) is 1.57. The van der Waals surface area contributed by atoms with Crippen molar-refractivity contribution < 1.29 is 28.7 Å². The van der Waals surface area contributed by atoms with Gasteiger partial charge in [-0.1, -0.05) is 6.07 Å². The van der Waals surface area contributed by atoms with E-state index in [1.165, 1.54) is 18.9 Å². The second kappa shape index (κ2) is 9.21. The van der Waals surface area contributed by atoms with Crippen molar-refractivity contribution in [2.24, 2.45) is 5.92 Å². The molecule has 1 heterocycles. The van der Waals surface area contributed by atoms with Crippen LogP contribution < -0.4 is 15.0 Å². The van der Waals surface area contributed by atoms with Crippen molar-refractivity contribution in [3.8, 4) is 5.75 Å². The van der Waals surface area contributed by atoms with Crippen LogP contribution in [0.1, 0.15) is 23.7 Å². The van der Waals surface area contributed by atoms with Crippen molar-refractivity contribution in [2.45, 2.75) is 13.3 Å². The van der Waals surface area contributed by atoms with Gasteiger partial charge in [0.25, 0.3) is 0 Å². The van der Waals surface area contributed by atoms with Crippen LogP contribution in [0.3, 0.4) is 0 Å². The molecule has 0 bridgehead atoms. The number of Topliss-reactive ketones (excluding diaryl/α,β-unsaturated/α-hetero) is 1. The molecule has 2 aromatic rings. The number of methoxy groups -OCH3 is 1. The number of ether oxygens (including phenoxy) is 2. The number of nitrogens with zero attached hydrogens (tertiary/aromatic N) is 1. The topological polar surface area (TPSA) is 102 Å². The molecule has 1 fully saturated rings. The van der Waals surface area contributed by atoms with Crippen LogP contribution >= 0.6 is 0 Å². The Morgan fingerprint density at radius 2 is 1.87 bits per heavy atom. The summed E-state index contributed by atoms with van der Waals surface area (Å²) in [6.45, 7) is 1.16. The van der Waals surface area contributed by atoms with E-state index in [2.05, 4.69) is 5.32 Å². The van der Waals surface area contributed by atoms with E-state index in [0.717, 1.165) is 0 Å². The zero-order chi connectivity index (χ0) is 21.7. The average Bonchev–Trinajstić information content (AvgIpc) is 3.13. The zero-order valence-electron chi connectivity index (χ0n) is 16.7. The van der Waals surface area contributed by atoms with Crippen molar-refractivity contribution in [3.05, 3.63) is 54.1 Å². The molecule has 8 heteroatoms. The first-order valence-electron chi connectivity index (χ1n) is 9.39. The highest BCUT2D eigenvalue weighted by Crippen LogP contribution is 2.28. The fraction of sp³-hybridized carbons (Fsp3) is 0.273. The lowest BCUT2D eigenvalue weighted by molar-refractivity contribution is -0.147. The van der Waals surface area contributed by atoms with Crippen LogP contribution in [0.2, 0.25) is 0 Å². The summed E-state index contributed by atoms with van der Waals surface area (Å²) in [6, 6.07) is 13.3. The van der Waals surface area contributed by atoms with E-state index in [-0.39, 0.29) is 30.6 Å². The van der Waals surface area contributed by atoms with Crippen molar-refractivity contribution in [1.29, 1.82) is 0 Å². The fourth-order valence-corrected chi connectivity index (χ4v) is 3.17. The normalized spacial score (nSPS) is 15.6. The Bertz CT molecular complexity index is 970. The number of hydrogen-bond donors (Lipinski definition) is 1. The van der Waals surface area contributed by atoms with Gasteiger partial charge in [-0.2, -0.15) is 0 Å². The van der Waals surface area contributed by atoms with E-state index in [9.17, 15) is 19.2 Å². The average molecular weight is 410 g/mol. The standard InChI is InChI=1S/C22H22N2O6/c1-14(25)23-17-8-6-15(7-9-17)20(26)13-30-22(28)16-10-21(27)24(12-16)18-4-3-5-19(11-18)29-2/h3-9,11,16H,10,12-13H2,1-2H3,(H,23,25). The molecule has 2 aromatic carbocycles. The molecule has 1 aliphatic rings. The molecular weight excluding hydrogens is 388 g/mol. The van der Waals surface area contributed by atoms with Gasteiger partial charge in [0, 0.05) is 42.9 Å². The quantitative estimate of drug-likeness (QED) is 0.556. The predicted molar refractivity (Wildman–Crippen MR) is 109 cm³/mol. The van der Waals surface area contributed by atoms with Crippen LogP contribution in [0, 0.1) is 5.92 Å². The van der Waals surface area contributed by atoms with Gasteiger partial charge >= 0.3 is 5.97 Å². The molecular formula is C22H22N2O6. The molecule has 2 amide bonds. The minimum absolute atomic E-state index is 0.0235. The zero-order valence-corrected chi connectivity index (χ0v) is 16.7. The summed E-state index contributed by atoms with van der Waals surface area (Å²) in [6.07, 6.45) is 0.0235. The molecule has 0 spiro atoms. The maximum absolute atomic E-state index is 12.4. The lowest BCUT2D eigenvalue weighted by Gasteiger charge is -2.17. The van der Waals surface area contributed by atoms with Gasteiger partial charge in [-0.25, -0.2) is 0 Å². The van der Waals surface area contributed by atoms with Crippen LogP contribution in [0.5, 0.6) is 5.75 Å². The Kier molecular flexibility index (Phi) is 6.46. The van der Waals surface area contributed by atoms with E-state index in [1.807, 2.05) is 0 Å². The third-order valence-corrected chi connectivity index (χ3v) is 4.70. The van der Waals surface area contributed by atoms with Crippen LogP contribution in [0.15, 0.2) is 48.5 Å². The van der Waals surface area contributed by atoms with Gasteiger partial charge in [-0.05, 0) is 36.4 Å². The highest BCUT2D eigenvalue weighted by molar-refractivity contribution is 6.01. The molecule has 8 nitrogen and oxygen atoms in total. The second-order valence-corrected chi connectivity index (χ2v) is 6.90. The fourth-order valence-electron chi connectivity index (χ4n) is 3.17. The Morgan fingerprint density at radius 1 is 1.13 bits per heavy atom. The molecule has 3 rings (SSSR count). The number of benzene rings is 2. The van der Waals surface area contributed by atoms with E-state index in [1.54, 1.807) is 48.5 Å².